The molecule has 0 saturated heterocycles. The minimum Gasteiger partial charge on any atom is -0.490 e. The molecule has 1 aromatic carbocycles. The molecule has 0 unspecified atom stereocenters. The van der Waals surface area contributed by atoms with E-state index in [1.165, 1.54) is 0 Å². The highest BCUT2D eigenvalue weighted by atomic mass is 32.1. The number of amides is 1. The lowest BCUT2D eigenvalue weighted by Crippen LogP contribution is -2.31. The number of thiocarbonyl (C=S) groups is 1. The Balaban J connectivity index is 2.65. The normalized spacial score (nSPS) is 10.3. The molecule has 0 fully saturated rings. The Hall–Kier alpha value is -1.82. The van der Waals surface area contributed by atoms with Gasteiger partial charge in [0, 0.05) is 11.6 Å². The van der Waals surface area contributed by atoms with Crippen molar-refractivity contribution in [1.29, 1.82) is 0 Å². The number of nitrogens with one attached hydrogen (secondary N) is 1. The van der Waals surface area contributed by atoms with Crippen molar-refractivity contribution in [1.82, 2.24) is 5.32 Å². The van der Waals surface area contributed by atoms with Crippen LogP contribution < -0.4 is 20.5 Å². The summed E-state index contributed by atoms with van der Waals surface area (Å²) in [5.74, 6) is 1.11. The molecule has 0 bridgehead atoms. The van der Waals surface area contributed by atoms with Gasteiger partial charge in [-0.2, -0.15) is 0 Å². The predicted octanol–water partition coefficient (Wildman–Crippen LogP) is 2.01. The first kappa shape index (κ1) is 17.2. The largest absolute Gasteiger partial charge is 0.490 e. The highest BCUT2D eigenvalue weighted by molar-refractivity contribution is 7.80. The van der Waals surface area contributed by atoms with E-state index >= 15 is 0 Å². The molecular weight excluding hydrogens is 288 g/mol. The number of carbonyl (C=O) groups is 1. The smallest absolute Gasteiger partial charge is 0.223 e. The quantitative estimate of drug-likeness (QED) is 0.719. The third-order valence-electron chi connectivity index (χ3n) is 2.56. The van der Waals surface area contributed by atoms with Crippen LogP contribution in [-0.2, 0) is 4.79 Å². The fourth-order valence-corrected chi connectivity index (χ4v) is 1.82. The lowest BCUT2D eigenvalue weighted by molar-refractivity contribution is -0.122. The summed E-state index contributed by atoms with van der Waals surface area (Å²) >= 11 is 4.94. The molecule has 0 saturated carbocycles. The van der Waals surface area contributed by atoms with Crippen LogP contribution in [0.3, 0.4) is 0 Å². The van der Waals surface area contributed by atoms with Crippen molar-refractivity contribution >= 4 is 23.1 Å². The molecule has 1 amide bonds. The van der Waals surface area contributed by atoms with Crippen LogP contribution >= 0.6 is 12.2 Å². The summed E-state index contributed by atoms with van der Waals surface area (Å²) in [6.07, 6.45) is 0.292. The van der Waals surface area contributed by atoms with E-state index in [0.717, 1.165) is 5.56 Å². The van der Waals surface area contributed by atoms with Crippen LogP contribution in [-0.4, -0.2) is 30.2 Å². The van der Waals surface area contributed by atoms with E-state index in [0.29, 0.717) is 29.5 Å². The van der Waals surface area contributed by atoms with Crippen LogP contribution in [0.25, 0.3) is 0 Å². The van der Waals surface area contributed by atoms with Crippen molar-refractivity contribution in [2.24, 2.45) is 5.73 Å². The van der Waals surface area contributed by atoms with Gasteiger partial charge in [0.05, 0.1) is 19.6 Å². The van der Waals surface area contributed by atoms with Crippen molar-refractivity contribution in [2.45, 2.75) is 33.2 Å². The standard InChI is InChI=1S/C15H22N2O3S/c1-4-19-13-9-11(15(16)21)5-6-12(13)20-8-7-14(18)17-10(2)3/h5-6,9-10H,4,7-8H2,1-3H3,(H2,16,21)(H,17,18). The average molecular weight is 310 g/mol. The Morgan fingerprint density at radius 2 is 2.05 bits per heavy atom. The fraction of sp³-hybridized carbons (Fsp3) is 0.467. The van der Waals surface area contributed by atoms with Crippen molar-refractivity contribution in [3.63, 3.8) is 0 Å². The van der Waals surface area contributed by atoms with Crippen LogP contribution in [0.4, 0.5) is 0 Å². The van der Waals surface area contributed by atoms with Crippen molar-refractivity contribution < 1.29 is 14.3 Å². The number of hydrogen-bond acceptors (Lipinski definition) is 4. The predicted molar refractivity (Wildman–Crippen MR) is 86.9 cm³/mol. The van der Waals surface area contributed by atoms with Gasteiger partial charge in [-0.1, -0.05) is 12.2 Å². The van der Waals surface area contributed by atoms with E-state index < -0.39 is 0 Å². The molecule has 3 N–H and O–H groups in total. The van der Waals surface area contributed by atoms with Crippen LogP contribution in [0.1, 0.15) is 32.8 Å². The molecule has 0 aliphatic heterocycles. The first-order valence-electron chi connectivity index (χ1n) is 6.92. The van der Waals surface area contributed by atoms with E-state index in [4.69, 9.17) is 27.4 Å². The van der Waals surface area contributed by atoms with E-state index in [1.54, 1.807) is 18.2 Å². The zero-order chi connectivity index (χ0) is 15.8. The molecule has 1 aromatic rings. The van der Waals surface area contributed by atoms with Gasteiger partial charge in [0.25, 0.3) is 0 Å². The lowest BCUT2D eigenvalue weighted by Gasteiger charge is -2.13. The molecule has 0 radical (unpaired) electrons. The Labute approximate surface area is 130 Å². The molecule has 21 heavy (non-hydrogen) atoms. The molecule has 1 rings (SSSR count). The number of carbonyl (C=O) groups excluding carboxylic acids is 1. The van der Waals surface area contributed by atoms with Crippen LogP contribution in [0.2, 0.25) is 0 Å². The molecular formula is C15H22N2O3S. The highest BCUT2D eigenvalue weighted by Gasteiger charge is 2.09. The van der Waals surface area contributed by atoms with Gasteiger partial charge in [-0.25, -0.2) is 0 Å². The van der Waals surface area contributed by atoms with Gasteiger partial charge >= 0.3 is 0 Å². The summed E-state index contributed by atoms with van der Waals surface area (Å²) < 4.78 is 11.1. The third-order valence-corrected chi connectivity index (χ3v) is 2.80. The van der Waals surface area contributed by atoms with E-state index in [-0.39, 0.29) is 18.6 Å². The molecule has 0 heterocycles. The second kappa shape index (κ2) is 8.46. The molecule has 0 atom stereocenters. The van der Waals surface area contributed by atoms with Crippen molar-refractivity contribution in [3.8, 4) is 11.5 Å². The monoisotopic (exact) mass is 310 g/mol. The first-order chi connectivity index (χ1) is 9.93. The molecule has 0 aliphatic rings. The van der Waals surface area contributed by atoms with Gasteiger partial charge in [0.1, 0.15) is 4.99 Å². The van der Waals surface area contributed by atoms with Crippen molar-refractivity contribution in [2.75, 3.05) is 13.2 Å². The Bertz CT molecular complexity index is 504. The summed E-state index contributed by atoms with van der Waals surface area (Å²) in [6.45, 7) is 6.50. The van der Waals surface area contributed by atoms with Crippen LogP contribution in [0.5, 0.6) is 11.5 Å². The molecule has 0 aromatic heterocycles. The van der Waals surface area contributed by atoms with Gasteiger partial charge in [-0.15, -0.1) is 0 Å². The second-order valence-electron chi connectivity index (χ2n) is 4.78. The van der Waals surface area contributed by atoms with Crippen molar-refractivity contribution in [3.05, 3.63) is 23.8 Å². The van der Waals surface area contributed by atoms with Crippen LogP contribution in [0, 0.1) is 0 Å². The molecule has 0 aliphatic carbocycles. The van der Waals surface area contributed by atoms with Gasteiger partial charge < -0.3 is 20.5 Å². The molecule has 116 valence electrons. The maximum atomic E-state index is 11.5. The maximum absolute atomic E-state index is 11.5. The van der Waals surface area contributed by atoms with E-state index in [1.807, 2.05) is 20.8 Å². The van der Waals surface area contributed by atoms with Gasteiger partial charge in [0.15, 0.2) is 11.5 Å². The second-order valence-corrected chi connectivity index (χ2v) is 5.22. The summed E-state index contributed by atoms with van der Waals surface area (Å²) in [5.41, 5.74) is 6.32. The zero-order valence-corrected chi connectivity index (χ0v) is 13.5. The average Bonchev–Trinajstić information content (AvgIpc) is 2.39. The summed E-state index contributed by atoms with van der Waals surface area (Å²) in [6, 6.07) is 5.39. The number of benzene rings is 1. The molecule has 6 heteroatoms. The topological polar surface area (TPSA) is 73.6 Å². The SMILES string of the molecule is CCOc1cc(C(N)=S)ccc1OCCC(=O)NC(C)C. The third kappa shape index (κ3) is 5.99. The number of nitrogens with two attached hydrogens (primary N) is 1. The number of rotatable bonds is 8. The van der Waals surface area contributed by atoms with Crippen LogP contribution in [0.15, 0.2) is 18.2 Å². The Kier molecular flexibility index (Phi) is 6.94. The van der Waals surface area contributed by atoms with Gasteiger partial charge in [-0.3, -0.25) is 4.79 Å². The lowest BCUT2D eigenvalue weighted by atomic mass is 10.2. The van der Waals surface area contributed by atoms with E-state index in [2.05, 4.69) is 5.32 Å². The summed E-state index contributed by atoms with van der Waals surface area (Å²) in [4.78, 5) is 11.8. The summed E-state index contributed by atoms with van der Waals surface area (Å²) in [7, 11) is 0. The van der Waals surface area contributed by atoms with E-state index in [9.17, 15) is 4.79 Å². The number of ether oxygens (including phenoxy) is 2. The minimum absolute atomic E-state index is 0.0392. The van der Waals surface area contributed by atoms with Gasteiger partial charge in [-0.05, 0) is 39.0 Å². The minimum atomic E-state index is -0.0392. The Morgan fingerprint density at radius 3 is 2.62 bits per heavy atom. The molecule has 0 spiro atoms. The van der Waals surface area contributed by atoms with Gasteiger partial charge in [0.2, 0.25) is 5.91 Å². The maximum Gasteiger partial charge on any atom is 0.223 e. The first-order valence-corrected chi connectivity index (χ1v) is 7.33. The highest BCUT2D eigenvalue weighted by Crippen LogP contribution is 2.28. The molecule has 5 nitrogen and oxygen atoms in total. The zero-order valence-electron chi connectivity index (χ0n) is 12.6. The fourth-order valence-electron chi connectivity index (χ4n) is 1.70. The Morgan fingerprint density at radius 1 is 1.33 bits per heavy atom. The number of hydrogen-bond donors (Lipinski definition) is 2. The summed E-state index contributed by atoms with van der Waals surface area (Å²) in [5, 5.41) is 2.81.